The predicted octanol–water partition coefficient (Wildman–Crippen LogP) is 3.69. The highest BCUT2D eigenvalue weighted by Gasteiger charge is 2.33. The van der Waals surface area contributed by atoms with Crippen molar-refractivity contribution in [2.24, 2.45) is 5.84 Å². The summed E-state index contributed by atoms with van der Waals surface area (Å²) in [6.07, 6.45) is -11.2. The molecule has 0 radical (unpaired) electrons. The maximum atomic E-state index is 13.5. The fourth-order valence-corrected chi connectivity index (χ4v) is 1.62. The van der Waals surface area contributed by atoms with E-state index in [-0.39, 0.29) is 0 Å². The molecule has 0 saturated carbocycles. The molecular formula is C11H11F7N2. The van der Waals surface area contributed by atoms with Gasteiger partial charge in [0.15, 0.2) is 0 Å². The Hall–Kier alpha value is -1.35. The van der Waals surface area contributed by atoms with Crippen LogP contribution in [0.4, 0.5) is 30.7 Å². The molecule has 0 spiro atoms. The van der Waals surface area contributed by atoms with Crippen LogP contribution in [-0.2, 0) is 6.18 Å². The molecule has 1 rings (SSSR count). The van der Waals surface area contributed by atoms with Gasteiger partial charge in [-0.15, -0.1) is 0 Å². The second kappa shape index (κ2) is 5.96. The molecule has 0 saturated heterocycles. The Balaban J connectivity index is 3.02. The van der Waals surface area contributed by atoms with Crippen LogP contribution in [0.5, 0.6) is 0 Å². The number of alkyl halides is 6. The SMILES string of the molecule is NNC(CCC(F)(F)F)c1cc(C(F)(F)F)ccc1F. The summed E-state index contributed by atoms with van der Waals surface area (Å²) >= 11 is 0. The maximum Gasteiger partial charge on any atom is 0.416 e. The second-order valence-electron chi connectivity index (χ2n) is 4.11. The van der Waals surface area contributed by atoms with Crippen LogP contribution in [0.25, 0.3) is 0 Å². The summed E-state index contributed by atoms with van der Waals surface area (Å²) in [5.41, 5.74) is 0.202. The van der Waals surface area contributed by atoms with Gasteiger partial charge in [0.1, 0.15) is 5.82 Å². The van der Waals surface area contributed by atoms with E-state index in [2.05, 4.69) is 0 Å². The third-order valence-electron chi connectivity index (χ3n) is 2.62. The van der Waals surface area contributed by atoms with E-state index < -0.39 is 48.2 Å². The molecule has 1 aromatic rings. The van der Waals surface area contributed by atoms with Gasteiger partial charge in [0, 0.05) is 18.0 Å². The van der Waals surface area contributed by atoms with Gasteiger partial charge in [0.2, 0.25) is 0 Å². The molecule has 114 valence electrons. The smallest absolute Gasteiger partial charge is 0.271 e. The van der Waals surface area contributed by atoms with Crippen LogP contribution >= 0.6 is 0 Å². The van der Waals surface area contributed by atoms with Crippen molar-refractivity contribution in [1.29, 1.82) is 0 Å². The summed E-state index contributed by atoms with van der Waals surface area (Å²) in [5, 5.41) is 0. The molecule has 0 aromatic heterocycles. The topological polar surface area (TPSA) is 38.0 Å². The second-order valence-corrected chi connectivity index (χ2v) is 4.11. The zero-order chi connectivity index (χ0) is 15.6. The zero-order valence-electron chi connectivity index (χ0n) is 9.95. The fourth-order valence-electron chi connectivity index (χ4n) is 1.62. The third-order valence-corrected chi connectivity index (χ3v) is 2.62. The number of rotatable bonds is 4. The van der Waals surface area contributed by atoms with Gasteiger partial charge in [-0.2, -0.15) is 26.3 Å². The lowest BCUT2D eigenvalue weighted by molar-refractivity contribution is -0.138. The molecule has 3 N–H and O–H groups in total. The van der Waals surface area contributed by atoms with Crippen molar-refractivity contribution in [2.75, 3.05) is 0 Å². The highest BCUT2D eigenvalue weighted by Crippen LogP contribution is 2.33. The van der Waals surface area contributed by atoms with Crippen molar-refractivity contribution in [3.05, 3.63) is 35.1 Å². The molecule has 9 heteroatoms. The number of hydrogen-bond acceptors (Lipinski definition) is 2. The molecule has 1 unspecified atom stereocenters. The number of nitrogens with one attached hydrogen (secondary N) is 1. The molecule has 0 heterocycles. The first-order chi connectivity index (χ1) is 9.04. The number of halogens is 7. The molecule has 20 heavy (non-hydrogen) atoms. The van der Waals surface area contributed by atoms with E-state index in [1.54, 1.807) is 0 Å². The van der Waals surface area contributed by atoms with Crippen molar-refractivity contribution in [1.82, 2.24) is 5.43 Å². The summed E-state index contributed by atoms with van der Waals surface area (Å²) in [6, 6.07) is 0.154. The largest absolute Gasteiger partial charge is 0.416 e. The quantitative estimate of drug-likeness (QED) is 0.506. The summed E-state index contributed by atoms with van der Waals surface area (Å²) in [6.45, 7) is 0. The molecule has 0 fully saturated rings. The van der Waals surface area contributed by atoms with E-state index in [9.17, 15) is 30.7 Å². The van der Waals surface area contributed by atoms with Crippen molar-refractivity contribution >= 4 is 0 Å². The number of hydrogen-bond donors (Lipinski definition) is 2. The molecule has 2 nitrogen and oxygen atoms in total. The molecule has 0 aliphatic carbocycles. The van der Waals surface area contributed by atoms with Gasteiger partial charge in [-0.1, -0.05) is 0 Å². The summed E-state index contributed by atoms with van der Waals surface area (Å²) < 4.78 is 87.2. The summed E-state index contributed by atoms with van der Waals surface area (Å²) in [4.78, 5) is 0. The number of benzene rings is 1. The zero-order valence-corrected chi connectivity index (χ0v) is 9.95. The van der Waals surface area contributed by atoms with Crippen LogP contribution in [0.15, 0.2) is 18.2 Å². The van der Waals surface area contributed by atoms with E-state index in [4.69, 9.17) is 5.84 Å². The monoisotopic (exact) mass is 304 g/mol. The highest BCUT2D eigenvalue weighted by atomic mass is 19.4. The number of hydrazine groups is 1. The van der Waals surface area contributed by atoms with E-state index in [1.807, 2.05) is 5.43 Å². The van der Waals surface area contributed by atoms with E-state index in [1.165, 1.54) is 0 Å². The molecule has 1 aromatic carbocycles. The average molecular weight is 304 g/mol. The van der Waals surface area contributed by atoms with E-state index in [0.29, 0.717) is 18.2 Å². The Morgan fingerprint density at radius 1 is 1.10 bits per heavy atom. The van der Waals surface area contributed by atoms with Crippen LogP contribution in [0.2, 0.25) is 0 Å². The first kappa shape index (κ1) is 16.7. The van der Waals surface area contributed by atoms with Crippen molar-refractivity contribution in [2.45, 2.75) is 31.2 Å². The van der Waals surface area contributed by atoms with Crippen LogP contribution in [-0.4, -0.2) is 6.18 Å². The molecule has 0 aliphatic heterocycles. The minimum atomic E-state index is -4.72. The molecular weight excluding hydrogens is 293 g/mol. The number of nitrogens with two attached hydrogens (primary N) is 1. The van der Waals surface area contributed by atoms with E-state index in [0.717, 1.165) is 0 Å². The maximum absolute atomic E-state index is 13.5. The van der Waals surface area contributed by atoms with Gasteiger partial charge in [-0.05, 0) is 24.6 Å². The Morgan fingerprint density at radius 3 is 2.15 bits per heavy atom. The lowest BCUT2D eigenvalue weighted by Crippen LogP contribution is -2.30. The van der Waals surface area contributed by atoms with Crippen molar-refractivity contribution in [3.63, 3.8) is 0 Å². The summed E-state index contributed by atoms with van der Waals surface area (Å²) in [7, 11) is 0. The minimum Gasteiger partial charge on any atom is -0.271 e. The fraction of sp³-hybridized carbons (Fsp3) is 0.455. The van der Waals surface area contributed by atoms with Crippen LogP contribution < -0.4 is 11.3 Å². The van der Waals surface area contributed by atoms with Crippen molar-refractivity contribution < 1.29 is 30.7 Å². The molecule has 0 aliphatic rings. The van der Waals surface area contributed by atoms with Crippen molar-refractivity contribution in [3.8, 4) is 0 Å². The Labute approximate surface area is 109 Å². The van der Waals surface area contributed by atoms with Gasteiger partial charge in [0.25, 0.3) is 0 Å². The minimum absolute atomic E-state index is 0.455. The molecule has 0 bridgehead atoms. The van der Waals surface area contributed by atoms with Gasteiger partial charge in [-0.3, -0.25) is 11.3 Å². The predicted molar refractivity (Wildman–Crippen MR) is 56.8 cm³/mol. The first-order valence-electron chi connectivity index (χ1n) is 5.44. The Morgan fingerprint density at radius 2 is 1.70 bits per heavy atom. The van der Waals surface area contributed by atoms with Gasteiger partial charge in [-0.25, -0.2) is 4.39 Å². The van der Waals surface area contributed by atoms with Crippen LogP contribution in [0.3, 0.4) is 0 Å². The highest BCUT2D eigenvalue weighted by molar-refractivity contribution is 5.29. The third kappa shape index (κ3) is 4.64. The lowest BCUT2D eigenvalue weighted by atomic mass is 9.99. The summed E-state index contributed by atoms with van der Waals surface area (Å²) in [5.74, 6) is 3.94. The average Bonchev–Trinajstić information content (AvgIpc) is 2.29. The first-order valence-corrected chi connectivity index (χ1v) is 5.44. The molecule has 0 amide bonds. The van der Waals surface area contributed by atoms with Gasteiger partial charge < -0.3 is 0 Å². The molecule has 1 atom stereocenters. The van der Waals surface area contributed by atoms with Gasteiger partial charge in [0.05, 0.1) is 5.56 Å². The lowest BCUT2D eigenvalue weighted by Gasteiger charge is -2.19. The van der Waals surface area contributed by atoms with Crippen LogP contribution in [0, 0.1) is 5.82 Å². The van der Waals surface area contributed by atoms with Crippen LogP contribution in [0.1, 0.15) is 30.0 Å². The van der Waals surface area contributed by atoms with E-state index >= 15 is 0 Å². The standard InChI is InChI=1S/C11H11F7N2/c12-8-2-1-6(11(16,17)18)5-7(8)9(20-19)3-4-10(13,14)15/h1-2,5,9,20H,3-4,19H2. The normalized spacial score (nSPS) is 14.4. The Bertz CT molecular complexity index is 453. The Kier molecular flexibility index (Phi) is 4.98. The van der Waals surface area contributed by atoms with Gasteiger partial charge >= 0.3 is 12.4 Å².